The molecule has 0 atom stereocenters. The van der Waals surface area contributed by atoms with Crippen LogP contribution in [0.1, 0.15) is 27.2 Å². The maximum absolute atomic E-state index is 11.0. The molecule has 0 aliphatic carbocycles. The lowest BCUT2D eigenvalue weighted by Crippen LogP contribution is -2.08. The van der Waals surface area contributed by atoms with Crippen LogP contribution in [0.15, 0.2) is 72.9 Å². The number of hydrogen-bond donors (Lipinski definition) is 2. The summed E-state index contributed by atoms with van der Waals surface area (Å²) in [5, 5.41) is 17.2. The van der Waals surface area contributed by atoms with Crippen molar-refractivity contribution < 1.29 is 14.6 Å². The Bertz CT molecular complexity index is 906. The molecule has 0 fully saturated rings. The highest BCUT2D eigenvalue weighted by Crippen LogP contribution is 2.16. The fraction of sp³-hybridized carbons (Fsp3) is 0.0952. The quantitative estimate of drug-likeness (QED) is 0.634. The molecule has 0 spiro atoms. The number of aromatic nitrogens is 1. The molecule has 0 aliphatic heterocycles. The van der Waals surface area contributed by atoms with E-state index < -0.39 is 5.97 Å². The van der Waals surface area contributed by atoms with Crippen molar-refractivity contribution in [2.24, 2.45) is 0 Å². The van der Waals surface area contributed by atoms with Crippen LogP contribution < -0.4 is 4.74 Å². The summed E-state index contributed by atoms with van der Waals surface area (Å²) in [5.41, 5.74) is 2.80. The Kier molecular flexibility index (Phi) is 5.39. The topological polar surface area (TPSA) is 83.3 Å². The Hall–Kier alpha value is -3.47. The normalized spacial score (nSPS) is 10.3. The molecular weight excluding hydrogens is 328 g/mol. The van der Waals surface area contributed by atoms with Crippen molar-refractivity contribution in [2.45, 2.75) is 13.0 Å². The first-order chi connectivity index (χ1) is 12.6. The summed E-state index contributed by atoms with van der Waals surface area (Å²) in [6, 6.07) is 20.3. The molecule has 3 aromatic rings. The number of pyridine rings is 1. The number of ether oxygens (including phenoxy) is 1. The highest BCUT2D eigenvalue weighted by molar-refractivity contribution is 5.99. The van der Waals surface area contributed by atoms with Gasteiger partial charge < -0.3 is 15.3 Å². The third-order valence-corrected chi connectivity index (χ3v) is 3.87. The van der Waals surface area contributed by atoms with Gasteiger partial charge in [-0.15, -0.1) is 0 Å². The van der Waals surface area contributed by atoms with Crippen molar-refractivity contribution in [2.75, 3.05) is 0 Å². The van der Waals surface area contributed by atoms with E-state index in [0.717, 1.165) is 16.9 Å². The molecule has 2 aromatic carbocycles. The molecule has 0 saturated heterocycles. The molecule has 1 aromatic heterocycles. The van der Waals surface area contributed by atoms with E-state index in [4.69, 9.17) is 15.3 Å². The number of carboxylic acids is 1. The molecule has 5 heteroatoms. The highest BCUT2D eigenvalue weighted by Gasteiger charge is 2.09. The number of benzene rings is 2. The van der Waals surface area contributed by atoms with Crippen LogP contribution in [0.2, 0.25) is 0 Å². The molecule has 1 heterocycles. The average Bonchev–Trinajstić information content (AvgIpc) is 2.68. The molecule has 26 heavy (non-hydrogen) atoms. The lowest BCUT2D eigenvalue weighted by atomic mass is 10.0. The standard InChI is InChI=1S/C21H18N2O3/c22-19(20-13-17(21(24)25)10-11-23-20)12-15-6-8-18(9-7-15)26-14-16-4-2-1-3-5-16/h1-11,13,22H,12,14H2,(H,24,25). The zero-order valence-electron chi connectivity index (χ0n) is 14.1. The largest absolute Gasteiger partial charge is 0.489 e. The molecular formula is C21H18N2O3. The number of carbonyl (C=O) groups is 1. The maximum atomic E-state index is 11.0. The van der Waals surface area contributed by atoms with Crippen LogP contribution in [0.5, 0.6) is 5.75 Å². The molecule has 2 N–H and O–H groups in total. The fourth-order valence-corrected chi connectivity index (χ4v) is 2.47. The molecule has 0 amide bonds. The molecule has 3 rings (SSSR count). The SMILES string of the molecule is N=C(Cc1ccc(OCc2ccccc2)cc1)c1cc(C(=O)O)ccn1. The Labute approximate surface area is 151 Å². The van der Waals surface area contributed by atoms with Gasteiger partial charge in [-0.1, -0.05) is 42.5 Å². The van der Waals surface area contributed by atoms with Crippen molar-refractivity contribution in [3.05, 3.63) is 95.3 Å². The van der Waals surface area contributed by atoms with Gasteiger partial charge >= 0.3 is 5.97 Å². The smallest absolute Gasteiger partial charge is 0.335 e. The van der Waals surface area contributed by atoms with Crippen LogP contribution >= 0.6 is 0 Å². The maximum Gasteiger partial charge on any atom is 0.335 e. The van der Waals surface area contributed by atoms with Crippen LogP contribution in [0.4, 0.5) is 0 Å². The van der Waals surface area contributed by atoms with Crippen molar-refractivity contribution in [1.29, 1.82) is 5.41 Å². The zero-order chi connectivity index (χ0) is 18.4. The van der Waals surface area contributed by atoms with Gasteiger partial charge in [-0.05, 0) is 35.4 Å². The minimum atomic E-state index is -1.03. The van der Waals surface area contributed by atoms with Crippen molar-refractivity contribution in [3.8, 4) is 5.75 Å². The Morgan fingerprint density at radius 2 is 1.73 bits per heavy atom. The minimum Gasteiger partial charge on any atom is -0.489 e. The van der Waals surface area contributed by atoms with E-state index in [1.807, 2.05) is 54.6 Å². The first-order valence-electron chi connectivity index (χ1n) is 8.14. The number of nitrogens with one attached hydrogen (secondary N) is 1. The highest BCUT2D eigenvalue weighted by atomic mass is 16.5. The van der Waals surface area contributed by atoms with Crippen LogP contribution in [0.3, 0.4) is 0 Å². The predicted octanol–water partition coefficient (Wildman–Crippen LogP) is 3.97. The number of nitrogens with zero attached hydrogens (tertiary/aromatic N) is 1. The van der Waals surface area contributed by atoms with Gasteiger partial charge in [0.05, 0.1) is 17.0 Å². The van der Waals surface area contributed by atoms with Gasteiger partial charge in [-0.2, -0.15) is 0 Å². The molecule has 5 nitrogen and oxygen atoms in total. The summed E-state index contributed by atoms with van der Waals surface area (Å²) in [5.74, 6) is -0.267. The Morgan fingerprint density at radius 3 is 2.42 bits per heavy atom. The van der Waals surface area contributed by atoms with E-state index in [0.29, 0.717) is 18.7 Å². The van der Waals surface area contributed by atoms with Crippen molar-refractivity contribution in [1.82, 2.24) is 4.98 Å². The van der Waals surface area contributed by atoms with Crippen molar-refractivity contribution >= 4 is 11.7 Å². The second kappa shape index (κ2) is 8.07. The monoisotopic (exact) mass is 346 g/mol. The van der Waals surface area contributed by atoms with Crippen LogP contribution in [0, 0.1) is 5.41 Å². The van der Waals surface area contributed by atoms with Crippen LogP contribution in [-0.4, -0.2) is 21.8 Å². The summed E-state index contributed by atoms with van der Waals surface area (Å²) >= 11 is 0. The predicted molar refractivity (Wildman–Crippen MR) is 98.9 cm³/mol. The Morgan fingerprint density at radius 1 is 1.00 bits per heavy atom. The summed E-state index contributed by atoms with van der Waals surface area (Å²) in [6.07, 6.45) is 1.78. The van der Waals surface area contributed by atoms with Crippen LogP contribution in [0.25, 0.3) is 0 Å². The number of carboxylic acid groups (broad SMARTS) is 1. The fourth-order valence-electron chi connectivity index (χ4n) is 2.47. The third-order valence-electron chi connectivity index (χ3n) is 3.87. The second-order valence-electron chi connectivity index (χ2n) is 5.81. The van der Waals surface area contributed by atoms with Gasteiger partial charge in [-0.25, -0.2) is 4.79 Å². The first kappa shape index (κ1) is 17.4. The van der Waals surface area contributed by atoms with E-state index in [1.54, 1.807) is 0 Å². The lowest BCUT2D eigenvalue weighted by Gasteiger charge is -2.08. The molecule has 130 valence electrons. The molecule has 0 bridgehead atoms. The summed E-state index contributed by atoms with van der Waals surface area (Å²) in [4.78, 5) is 15.1. The third kappa shape index (κ3) is 4.54. The second-order valence-corrected chi connectivity index (χ2v) is 5.81. The van der Waals surface area contributed by atoms with E-state index in [-0.39, 0.29) is 11.3 Å². The lowest BCUT2D eigenvalue weighted by molar-refractivity contribution is 0.0696. The van der Waals surface area contributed by atoms with Gasteiger partial charge in [0.2, 0.25) is 0 Å². The van der Waals surface area contributed by atoms with E-state index in [9.17, 15) is 4.79 Å². The van der Waals surface area contributed by atoms with Gasteiger partial charge in [0.1, 0.15) is 12.4 Å². The number of rotatable bonds is 7. The molecule has 0 saturated carbocycles. The average molecular weight is 346 g/mol. The Balaban J connectivity index is 1.61. The van der Waals surface area contributed by atoms with E-state index in [2.05, 4.69) is 4.98 Å². The van der Waals surface area contributed by atoms with Gasteiger partial charge in [0.25, 0.3) is 0 Å². The summed E-state index contributed by atoms with van der Waals surface area (Å²) < 4.78 is 5.75. The molecule has 0 unspecified atom stereocenters. The van der Waals surface area contributed by atoms with E-state index in [1.165, 1.54) is 18.3 Å². The number of hydrogen-bond acceptors (Lipinski definition) is 4. The summed E-state index contributed by atoms with van der Waals surface area (Å²) in [6.45, 7) is 0.502. The van der Waals surface area contributed by atoms with Crippen LogP contribution in [-0.2, 0) is 13.0 Å². The van der Waals surface area contributed by atoms with E-state index >= 15 is 0 Å². The zero-order valence-corrected chi connectivity index (χ0v) is 14.1. The molecule has 0 radical (unpaired) electrons. The summed E-state index contributed by atoms with van der Waals surface area (Å²) in [7, 11) is 0. The number of aromatic carboxylic acids is 1. The minimum absolute atomic E-state index is 0.129. The first-order valence-corrected chi connectivity index (χ1v) is 8.14. The van der Waals surface area contributed by atoms with Gasteiger partial charge in [0.15, 0.2) is 0 Å². The van der Waals surface area contributed by atoms with Crippen molar-refractivity contribution in [3.63, 3.8) is 0 Å². The van der Waals surface area contributed by atoms with Gasteiger partial charge in [-0.3, -0.25) is 4.98 Å². The molecule has 0 aliphatic rings. The van der Waals surface area contributed by atoms with Gasteiger partial charge in [0, 0.05) is 12.6 Å².